The number of hydrogen-bond acceptors (Lipinski definition) is 5. The molecule has 0 spiro atoms. The lowest BCUT2D eigenvalue weighted by molar-refractivity contribution is 0.0252. The van der Waals surface area contributed by atoms with Crippen molar-refractivity contribution in [3.05, 3.63) is 0 Å². The van der Waals surface area contributed by atoms with Gasteiger partial charge in [0.05, 0.1) is 11.4 Å². The highest BCUT2D eigenvalue weighted by molar-refractivity contribution is 7.90. The predicted octanol–water partition coefficient (Wildman–Crippen LogP) is -0.202. The molecule has 0 rings (SSSR count). The van der Waals surface area contributed by atoms with Crippen LogP contribution in [0.4, 0.5) is 0 Å². The standard InChI is InChI=1S/C10H23NO4S/c1-10(12,5-7-15-2)9-11-6-4-8-16(3,13)14/h11-12H,4-9H2,1-3H3. The Kier molecular flexibility index (Phi) is 7.14. The Balaban J connectivity index is 3.57. The average Bonchev–Trinajstić information content (AvgIpc) is 2.12. The highest BCUT2D eigenvalue weighted by atomic mass is 32.2. The van der Waals surface area contributed by atoms with E-state index < -0.39 is 15.4 Å². The monoisotopic (exact) mass is 253 g/mol. The molecule has 0 aromatic heterocycles. The van der Waals surface area contributed by atoms with Crippen LogP contribution in [-0.4, -0.2) is 57.9 Å². The number of methoxy groups -OCH3 is 1. The lowest BCUT2D eigenvalue weighted by atomic mass is 10.0. The zero-order valence-corrected chi connectivity index (χ0v) is 11.1. The lowest BCUT2D eigenvalue weighted by Crippen LogP contribution is -2.39. The van der Waals surface area contributed by atoms with Crippen molar-refractivity contribution < 1.29 is 18.3 Å². The number of nitrogens with one attached hydrogen (secondary N) is 1. The van der Waals surface area contributed by atoms with Crippen molar-refractivity contribution in [2.24, 2.45) is 0 Å². The maximum Gasteiger partial charge on any atom is 0.147 e. The van der Waals surface area contributed by atoms with Crippen LogP contribution in [0, 0.1) is 0 Å². The third kappa shape index (κ3) is 10.4. The van der Waals surface area contributed by atoms with Crippen LogP contribution in [0.2, 0.25) is 0 Å². The fraction of sp³-hybridized carbons (Fsp3) is 1.00. The third-order valence-electron chi connectivity index (χ3n) is 2.22. The minimum absolute atomic E-state index is 0.181. The van der Waals surface area contributed by atoms with E-state index in [0.29, 0.717) is 32.5 Å². The molecule has 0 fully saturated rings. The number of rotatable bonds is 9. The van der Waals surface area contributed by atoms with E-state index in [1.807, 2.05) is 0 Å². The third-order valence-corrected chi connectivity index (χ3v) is 3.25. The van der Waals surface area contributed by atoms with E-state index in [2.05, 4.69) is 5.32 Å². The van der Waals surface area contributed by atoms with Crippen LogP contribution in [0.5, 0.6) is 0 Å². The minimum Gasteiger partial charge on any atom is -0.389 e. The fourth-order valence-electron chi connectivity index (χ4n) is 1.23. The van der Waals surface area contributed by atoms with Crippen LogP contribution < -0.4 is 5.32 Å². The van der Waals surface area contributed by atoms with E-state index in [-0.39, 0.29) is 5.75 Å². The molecule has 16 heavy (non-hydrogen) atoms. The van der Waals surface area contributed by atoms with Crippen molar-refractivity contribution in [3.63, 3.8) is 0 Å². The molecule has 5 nitrogen and oxygen atoms in total. The molecule has 2 N–H and O–H groups in total. The van der Waals surface area contributed by atoms with Gasteiger partial charge in [-0.15, -0.1) is 0 Å². The maximum atomic E-state index is 10.8. The Morgan fingerprint density at radius 2 is 2.06 bits per heavy atom. The van der Waals surface area contributed by atoms with Gasteiger partial charge in [0, 0.05) is 32.9 Å². The second kappa shape index (κ2) is 7.21. The highest BCUT2D eigenvalue weighted by Crippen LogP contribution is 2.07. The summed E-state index contributed by atoms with van der Waals surface area (Å²) in [4.78, 5) is 0. The largest absolute Gasteiger partial charge is 0.389 e. The van der Waals surface area contributed by atoms with Crippen LogP contribution >= 0.6 is 0 Å². The first-order valence-electron chi connectivity index (χ1n) is 5.37. The van der Waals surface area contributed by atoms with Gasteiger partial charge in [0.15, 0.2) is 0 Å². The van der Waals surface area contributed by atoms with Gasteiger partial charge in [0.2, 0.25) is 0 Å². The average molecular weight is 253 g/mol. The molecule has 0 radical (unpaired) electrons. The van der Waals surface area contributed by atoms with Gasteiger partial charge in [0.1, 0.15) is 9.84 Å². The topological polar surface area (TPSA) is 75.6 Å². The van der Waals surface area contributed by atoms with E-state index in [9.17, 15) is 13.5 Å². The Labute approximate surface area is 98.1 Å². The van der Waals surface area contributed by atoms with Crippen molar-refractivity contribution in [1.29, 1.82) is 0 Å². The molecule has 0 bridgehead atoms. The van der Waals surface area contributed by atoms with E-state index in [1.54, 1.807) is 14.0 Å². The number of ether oxygens (including phenoxy) is 1. The quantitative estimate of drug-likeness (QED) is 0.557. The summed E-state index contributed by atoms with van der Waals surface area (Å²) >= 11 is 0. The zero-order chi connectivity index (χ0) is 12.7. The van der Waals surface area contributed by atoms with Crippen LogP contribution in [0.15, 0.2) is 0 Å². The van der Waals surface area contributed by atoms with Gasteiger partial charge in [-0.1, -0.05) is 0 Å². The normalized spacial score (nSPS) is 16.0. The Bertz CT molecular complexity index is 275. The predicted molar refractivity (Wildman–Crippen MR) is 64.3 cm³/mol. The maximum absolute atomic E-state index is 10.8. The van der Waals surface area contributed by atoms with E-state index in [4.69, 9.17) is 4.74 Å². The first kappa shape index (κ1) is 15.8. The van der Waals surface area contributed by atoms with E-state index >= 15 is 0 Å². The van der Waals surface area contributed by atoms with Crippen molar-refractivity contribution in [2.45, 2.75) is 25.4 Å². The second-order valence-corrected chi connectivity index (χ2v) is 6.66. The molecule has 1 atom stereocenters. The van der Waals surface area contributed by atoms with E-state index in [0.717, 1.165) is 0 Å². The lowest BCUT2D eigenvalue weighted by Gasteiger charge is -2.23. The zero-order valence-electron chi connectivity index (χ0n) is 10.3. The number of hydrogen-bond donors (Lipinski definition) is 2. The van der Waals surface area contributed by atoms with Crippen molar-refractivity contribution >= 4 is 9.84 Å². The van der Waals surface area contributed by atoms with Crippen molar-refractivity contribution in [3.8, 4) is 0 Å². The van der Waals surface area contributed by atoms with Crippen molar-refractivity contribution in [2.75, 3.05) is 38.8 Å². The summed E-state index contributed by atoms with van der Waals surface area (Å²) in [5, 5.41) is 12.9. The number of sulfone groups is 1. The molecular weight excluding hydrogens is 230 g/mol. The molecule has 0 aliphatic carbocycles. The summed E-state index contributed by atoms with van der Waals surface area (Å²) < 4.78 is 26.6. The van der Waals surface area contributed by atoms with Crippen LogP contribution in [0.25, 0.3) is 0 Å². The Morgan fingerprint density at radius 3 is 2.56 bits per heavy atom. The van der Waals surface area contributed by atoms with Crippen LogP contribution in [0.1, 0.15) is 19.8 Å². The Hall–Kier alpha value is -0.170. The number of aliphatic hydroxyl groups is 1. The smallest absolute Gasteiger partial charge is 0.147 e. The molecule has 0 aromatic carbocycles. The van der Waals surface area contributed by atoms with Gasteiger partial charge >= 0.3 is 0 Å². The summed E-state index contributed by atoms with van der Waals surface area (Å²) in [7, 11) is -1.28. The molecule has 0 aliphatic heterocycles. The molecule has 6 heteroatoms. The van der Waals surface area contributed by atoms with Gasteiger partial charge in [-0.25, -0.2) is 8.42 Å². The SMILES string of the molecule is COCCC(C)(O)CNCCCS(C)(=O)=O. The molecule has 0 amide bonds. The highest BCUT2D eigenvalue weighted by Gasteiger charge is 2.18. The summed E-state index contributed by atoms with van der Waals surface area (Å²) in [6.45, 7) is 3.28. The van der Waals surface area contributed by atoms with Crippen LogP contribution in [0.3, 0.4) is 0 Å². The summed E-state index contributed by atoms with van der Waals surface area (Å²) in [5.74, 6) is 0.181. The Morgan fingerprint density at radius 1 is 1.44 bits per heavy atom. The molecule has 0 saturated heterocycles. The van der Waals surface area contributed by atoms with Gasteiger partial charge < -0.3 is 15.2 Å². The molecule has 0 aliphatic rings. The van der Waals surface area contributed by atoms with Gasteiger partial charge in [-0.3, -0.25) is 0 Å². The van der Waals surface area contributed by atoms with Gasteiger partial charge in [-0.2, -0.15) is 0 Å². The summed E-state index contributed by atoms with van der Waals surface area (Å²) in [5.41, 5.74) is -0.804. The van der Waals surface area contributed by atoms with Crippen LogP contribution in [-0.2, 0) is 14.6 Å². The minimum atomic E-state index is -2.88. The molecular formula is C10H23NO4S. The molecule has 1 unspecified atom stereocenters. The van der Waals surface area contributed by atoms with Gasteiger partial charge in [-0.05, 0) is 19.9 Å². The first-order chi connectivity index (χ1) is 7.27. The van der Waals surface area contributed by atoms with Crippen molar-refractivity contribution in [1.82, 2.24) is 5.32 Å². The summed E-state index contributed by atoms with van der Waals surface area (Å²) in [6, 6.07) is 0. The molecule has 0 aromatic rings. The molecule has 0 saturated carbocycles. The van der Waals surface area contributed by atoms with E-state index in [1.165, 1.54) is 6.26 Å². The molecule has 0 heterocycles. The second-order valence-electron chi connectivity index (χ2n) is 4.40. The summed E-state index contributed by atoms with van der Waals surface area (Å²) in [6.07, 6.45) is 2.35. The molecule has 98 valence electrons. The fourth-order valence-corrected chi connectivity index (χ4v) is 1.90. The van der Waals surface area contributed by atoms with Gasteiger partial charge in [0.25, 0.3) is 0 Å². The first-order valence-corrected chi connectivity index (χ1v) is 7.43.